The molecule has 0 aliphatic carbocycles. The van der Waals surface area contributed by atoms with E-state index in [0.29, 0.717) is 23.1 Å². The van der Waals surface area contributed by atoms with E-state index in [2.05, 4.69) is 15.6 Å². The van der Waals surface area contributed by atoms with Gasteiger partial charge in [0.25, 0.3) is 0 Å². The zero-order valence-electron chi connectivity index (χ0n) is 14.5. The van der Waals surface area contributed by atoms with Crippen molar-refractivity contribution in [2.24, 2.45) is 0 Å². The molecule has 0 atom stereocenters. The van der Waals surface area contributed by atoms with Crippen molar-refractivity contribution in [3.05, 3.63) is 54.2 Å². The maximum Gasteiger partial charge on any atom is 0.356 e. The first-order valence-corrected chi connectivity index (χ1v) is 8.53. The smallest absolute Gasteiger partial charge is 0.356 e. The summed E-state index contributed by atoms with van der Waals surface area (Å²) in [6.45, 7) is 2.06. The van der Waals surface area contributed by atoms with E-state index in [0.717, 1.165) is 22.3 Å². The van der Waals surface area contributed by atoms with Crippen molar-refractivity contribution in [3.8, 4) is 5.75 Å². The maximum absolute atomic E-state index is 12.3. The summed E-state index contributed by atoms with van der Waals surface area (Å²) in [6, 6.07) is 15.0. The minimum Gasteiger partial charge on any atom is -0.497 e. The van der Waals surface area contributed by atoms with Gasteiger partial charge in [-0.25, -0.2) is 4.79 Å². The van der Waals surface area contributed by atoms with Crippen molar-refractivity contribution in [3.63, 3.8) is 0 Å². The van der Waals surface area contributed by atoms with Gasteiger partial charge in [0.15, 0.2) is 5.11 Å². The van der Waals surface area contributed by atoms with Crippen molar-refractivity contribution in [1.29, 1.82) is 0 Å². The monoisotopic (exact) mass is 369 g/mol. The van der Waals surface area contributed by atoms with Crippen LogP contribution in [0.4, 0.5) is 11.4 Å². The molecule has 0 fully saturated rings. The summed E-state index contributed by atoms with van der Waals surface area (Å²) < 4.78 is 10.3. The van der Waals surface area contributed by atoms with Gasteiger partial charge in [0, 0.05) is 16.6 Å². The molecule has 0 bridgehead atoms. The molecule has 0 spiro atoms. The van der Waals surface area contributed by atoms with E-state index in [1.54, 1.807) is 14.0 Å². The molecule has 6 nitrogen and oxygen atoms in total. The highest BCUT2D eigenvalue weighted by atomic mass is 32.1. The average molecular weight is 369 g/mol. The van der Waals surface area contributed by atoms with E-state index >= 15 is 0 Å². The Bertz CT molecular complexity index is 935. The van der Waals surface area contributed by atoms with Gasteiger partial charge in [-0.1, -0.05) is 18.2 Å². The first kappa shape index (κ1) is 17.8. The van der Waals surface area contributed by atoms with E-state index in [-0.39, 0.29) is 0 Å². The molecule has 0 saturated carbocycles. The summed E-state index contributed by atoms with van der Waals surface area (Å²) in [7, 11) is 1.61. The van der Waals surface area contributed by atoms with E-state index in [1.807, 2.05) is 48.5 Å². The summed E-state index contributed by atoms with van der Waals surface area (Å²) in [5.74, 6) is 0.328. The number of H-pyrrole nitrogens is 1. The van der Waals surface area contributed by atoms with Gasteiger partial charge in [-0.2, -0.15) is 0 Å². The maximum atomic E-state index is 12.3. The molecule has 26 heavy (non-hydrogen) atoms. The predicted octanol–water partition coefficient (Wildman–Crippen LogP) is 4.16. The molecule has 0 amide bonds. The third kappa shape index (κ3) is 3.78. The Morgan fingerprint density at radius 1 is 1.12 bits per heavy atom. The molecule has 134 valence electrons. The molecule has 0 aliphatic rings. The lowest BCUT2D eigenvalue weighted by Crippen LogP contribution is -2.20. The largest absolute Gasteiger partial charge is 0.497 e. The van der Waals surface area contributed by atoms with Crippen LogP contribution in [0.3, 0.4) is 0 Å². The number of fused-ring (bicyclic) bond motifs is 1. The summed E-state index contributed by atoms with van der Waals surface area (Å²) in [4.78, 5) is 15.4. The predicted molar refractivity (Wildman–Crippen MR) is 107 cm³/mol. The number of hydrogen-bond acceptors (Lipinski definition) is 4. The molecule has 1 heterocycles. The minimum atomic E-state index is -0.432. The van der Waals surface area contributed by atoms with Crippen LogP contribution in [-0.4, -0.2) is 29.8 Å². The Morgan fingerprint density at radius 2 is 1.85 bits per heavy atom. The molecule has 3 rings (SSSR count). The first-order chi connectivity index (χ1) is 12.6. The molecule has 3 aromatic rings. The minimum absolute atomic E-state index is 0.294. The van der Waals surface area contributed by atoms with Gasteiger partial charge in [-0.05, 0) is 49.5 Å². The van der Waals surface area contributed by atoms with Crippen molar-refractivity contribution in [1.82, 2.24) is 4.98 Å². The lowest BCUT2D eigenvalue weighted by atomic mass is 10.2. The van der Waals surface area contributed by atoms with Gasteiger partial charge in [0.1, 0.15) is 11.4 Å². The summed E-state index contributed by atoms with van der Waals surface area (Å²) in [5, 5.41) is 7.42. The molecular formula is C19H19N3O3S. The number of anilines is 2. The van der Waals surface area contributed by atoms with Crippen LogP contribution in [0.15, 0.2) is 48.5 Å². The van der Waals surface area contributed by atoms with E-state index < -0.39 is 5.97 Å². The lowest BCUT2D eigenvalue weighted by molar-refractivity contribution is 0.0522. The highest BCUT2D eigenvalue weighted by Crippen LogP contribution is 2.28. The highest BCUT2D eigenvalue weighted by molar-refractivity contribution is 7.80. The fourth-order valence-corrected chi connectivity index (χ4v) is 2.80. The molecule has 0 radical (unpaired) electrons. The number of aromatic amines is 1. The van der Waals surface area contributed by atoms with Crippen molar-refractivity contribution < 1.29 is 14.3 Å². The number of hydrogen-bond donors (Lipinski definition) is 3. The third-order valence-electron chi connectivity index (χ3n) is 3.77. The van der Waals surface area contributed by atoms with Crippen LogP contribution in [0.5, 0.6) is 5.75 Å². The first-order valence-electron chi connectivity index (χ1n) is 8.12. The van der Waals surface area contributed by atoms with Crippen LogP contribution in [0.25, 0.3) is 10.9 Å². The molecular weight excluding hydrogens is 350 g/mol. The van der Waals surface area contributed by atoms with Crippen LogP contribution >= 0.6 is 12.2 Å². The Balaban J connectivity index is 1.85. The normalized spacial score (nSPS) is 10.4. The molecule has 3 N–H and O–H groups in total. The number of carbonyl (C=O) groups excluding carboxylic acids is 1. The molecule has 0 aliphatic heterocycles. The van der Waals surface area contributed by atoms with Crippen LogP contribution in [0, 0.1) is 0 Å². The Morgan fingerprint density at radius 3 is 2.54 bits per heavy atom. The number of ether oxygens (including phenoxy) is 2. The van der Waals surface area contributed by atoms with E-state index in [9.17, 15) is 4.79 Å². The number of rotatable bonds is 5. The fraction of sp³-hybridized carbons (Fsp3) is 0.158. The number of nitrogens with one attached hydrogen (secondary N) is 3. The van der Waals surface area contributed by atoms with Crippen LogP contribution < -0.4 is 15.4 Å². The Hall–Kier alpha value is -3.06. The van der Waals surface area contributed by atoms with Gasteiger partial charge in [-0.15, -0.1) is 0 Å². The number of benzene rings is 2. The van der Waals surface area contributed by atoms with Crippen LogP contribution in [-0.2, 0) is 4.74 Å². The number of esters is 1. The summed E-state index contributed by atoms with van der Waals surface area (Å²) in [6.07, 6.45) is 0. The quantitative estimate of drug-likeness (QED) is 0.463. The number of thiocarbonyl (C=S) groups is 1. The molecule has 2 aromatic carbocycles. The Labute approximate surface area is 156 Å². The van der Waals surface area contributed by atoms with Gasteiger partial charge in [-0.3, -0.25) is 0 Å². The number of aromatic nitrogens is 1. The highest BCUT2D eigenvalue weighted by Gasteiger charge is 2.19. The standard InChI is InChI=1S/C19H19N3O3S/c1-3-25-18(23)17-16(14-6-4-5-7-15(14)21-17)22-19(26)20-12-8-10-13(24-2)11-9-12/h4-11,21H,3H2,1-2H3,(H2,20,22,26). The zero-order chi connectivity index (χ0) is 18.5. The van der Waals surface area contributed by atoms with Crippen molar-refractivity contribution >= 4 is 45.6 Å². The summed E-state index contributed by atoms with van der Waals surface area (Å²) in [5.41, 5.74) is 2.56. The zero-order valence-corrected chi connectivity index (χ0v) is 15.3. The van der Waals surface area contributed by atoms with Crippen LogP contribution in [0.2, 0.25) is 0 Å². The second-order valence-electron chi connectivity index (χ2n) is 5.45. The van der Waals surface area contributed by atoms with Crippen molar-refractivity contribution in [2.45, 2.75) is 6.92 Å². The molecule has 0 unspecified atom stereocenters. The molecule has 0 saturated heterocycles. The van der Waals surface area contributed by atoms with Gasteiger partial charge < -0.3 is 25.1 Å². The lowest BCUT2D eigenvalue weighted by Gasteiger charge is -2.12. The SMILES string of the molecule is CCOC(=O)c1[nH]c2ccccc2c1NC(=S)Nc1ccc(OC)cc1. The van der Waals surface area contributed by atoms with Gasteiger partial charge in [0.2, 0.25) is 0 Å². The fourth-order valence-electron chi connectivity index (χ4n) is 2.58. The van der Waals surface area contributed by atoms with Gasteiger partial charge in [0.05, 0.1) is 19.4 Å². The third-order valence-corrected chi connectivity index (χ3v) is 3.98. The number of carbonyl (C=O) groups is 1. The Kier molecular flexibility index (Phi) is 5.38. The number of methoxy groups -OCH3 is 1. The second kappa shape index (κ2) is 7.88. The van der Waals surface area contributed by atoms with E-state index in [4.69, 9.17) is 21.7 Å². The van der Waals surface area contributed by atoms with E-state index in [1.165, 1.54) is 0 Å². The summed E-state index contributed by atoms with van der Waals surface area (Å²) >= 11 is 5.40. The molecule has 1 aromatic heterocycles. The van der Waals surface area contributed by atoms with Crippen LogP contribution in [0.1, 0.15) is 17.4 Å². The average Bonchev–Trinajstić information content (AvgIpc) is 3.01. The molecule has 7 heteroatoms. The topological polar surface area (TPSA) is 75.4 Å². The number of para-hydroxylation sites is 1. The second-order valence-corrected chi connectivity index (χ2v) is 5.86. The van der Waals surface area contributed by atoms with Crippen molar-refractivity contribution in [2.75, 3.05) is 24.4 Å². The van der Waals surface area contributed by atoms with Gasteiger partial charge >= 0.3 is 5.97 Å².